The highest BCUT2D eigenvalue weighted by molar-refractivity contribution is 5.54. The van der Waals surface area contributed by atoms with E-state index in [0.717, 1.165) is 35.5 Å². The predicted octanol–water partition coefficient (Wildman–Crippen LogP) is 1.89. The average Bonchev–Trinajstić information content (AvgIpc) is 2.45. The molecule has 106 valence electrons. The van der Waals surface area contributed by atoms with E-state index in [1.165, 1.54) is 0 Å². The lowest BCUT2D eigenvalue weighted by molar-refractivity contribution is 0.199. The van der Waals surface area contributed by atoms with E-state index in [2.05, 4.69) is 26.3 Å². The first kappa shape index (κ1) is 14.6. The minimum absolute atomic E-state index is 0.670. The third-order valence-corrected chi connectivity index (χ3v) is 2.94. The number of hydrogen-bond acceptors (Lipinski definition) is 5. The molecule has 0 bridgehead atoms. The third kappa shape index (κ3) is 3.82. The van der Waals surface area contributed by atoms with Crippen LogP contribution in [0.1, 0.15) is 16.7 Å². The number of nitrogens with zero attached hydrogens (tertiary/aromatic N) is 3. The molecule has 2 aromatic heterocycles. The van der Waals surface area contributed by atoms with Gasteiger partial charge in [-0.2, -0.15) is 0 Å². The second-order valence-electron chi connectivity index (χ2n) is 4.76. The Morgan fingerprint density at radius 1 is 1.10 bits per heavy atom. The van der Waals surface area contributed by atoms with Gasteiger partial charge in [-0.05, 0) is 25.0 Å². The highest BCUT2D eigenvalue weighted by Gasteiger charge is 2.06. The lowest BCUT2D eigenvalue weighted by atomic mass is 10.1. The number of pyridine rings is 1. The van der Waals surface area contributed by atoms with E-state index in [1.54, 1.807) is 7.11 Å². The summed E-state index contributed by atoms with van der Waals surface area (Å²) in [7, 11) is 1.69. The Balaban J connectivity index is 2.04. The molecule has 20 heavy (non-hydrogen) atoms. The van der Waals surface area contributed by atoms with Crippen molar-refractivity contribution in [1.29, 1.82) is 0 Å². The van der Waals surface area contributed by atoms with Gasteiger partial charge in [-0.15, -0.1) is 0 Å². The first-order chi connectivity index (χ1) is 9.70. The van der Waals surface area contributed by atoms with Crippen LogP contribution in [0.2, 0.25) is 0 Å². The zero-order chi connectivity index (χ0) is 14.4. The Kier molecular flexibility index (Phi) is 5.15. The van der Waals surface area contributed by atoms with Crippen molar-refractivity contribution < 1.29 is 4.74 Å². The second-order valence-corrected chi connectivity index (χ2v) is 4.76. The van der Waals surface area contributed by atoms with Gasteiger partial charge in [0.2, 0.25) is 0 Å². The molecule has 0 fully saturated rings. The summed E-state index contributed by atoms with van der Waals surface area (Å²) in [5.41, 5.74) is 4.13. The lowest BCUT2D eigenvalue weighted by Gasteiger charge is -2.06. The summed E-state index contributed by atoms with van der Waals surface area (Å²) in [6.07, 6.45) is 5.51. The maximum Gasteiger partial charge on any atom is 0.178 e. The fourth-order valence-corrected chi connectivity index (χ4v) is 1.92. The van der Waals surface area contributed by atoms with Crippen LogP contribution >= 0.6 is 0 Å². The maximum absolute atomic E-state index is 4.98. The minimum atomic E-state index is 0.670. The first-order valence-corrected chi connectivity index (χ1v) is 6.65. The Labute approximate surface area is 119 Å². The van der Waals surface area contributed by atoms with Crippen LogP contribution in [-0.4, -0.2) is 35.2 Å². The largest absolute Gasteiger partial charge is 0.383 e. The number of aryl methyl sites for hydroxylation is 2. The Morgan fingerprint density at radius 3 is 2.50 bits per heavy atom. The molecule has 0 atom stereocenters. The zero-order valence-electron chi connectivity index (χ0n) is 12.2. The van der Waals surface area contributed by atoms with Gasteiger partial charge in [0.25, 0.3) is 0 Å². The van der Waals surface area contributed by atoms with Crippen molar-refractivity contribution in [2.45, 2.75) is 20.4 Å². The van der Waals surface area contributed by atoms with Gasteiger partial charge >= 0.3 is 0 Å². The molecular formula is C15H20N4O. The van der Waals surface area contributed by atoms with Crippen molar-refractivity contribution in [1.82, 2.24) is 20.3 Å². The summed E-state index contributed by atoms with van der Waals surface area (Å²) in [5, 5.41) is 3.26. The molecule has 0 radical (unpaired) electrons. The van der Waals surface area contributed by atoms with Crippen LogP contribution in [0.15, 0.2) is 24.7 Å². The summed E-state index contributed by atoms with van der Waals surface area (Å²) in [4.78, 5) is 13.2. The van der Waals surface area contributed by atoms with E-state index in [4.69, 9.17) is 4.74 Å². The lowest BCUT2D eigenvalue weighted by Crippen LogP contribution is -2.18. The van der Waals surface area contributed by atoms with Crippen LogP contribution in [0.5, 0.6) is 0 Å². The van der Waals surface area contributed by atoms with Gasteiger partial charge in [-0.1, -0.05) is 6.07 Å². The fourth-order valence-electron chi connectivity index (χ4n) is 1.92. The molecule has 5 heteroatoms. The van der Waals surface area contributed by atoms with Crippen molar-refractivity contribution in [3.05, 3.63) is 41.3 Å². The molecule has 1 N–H and O–H groups in total. The fraction of sp³-hybridized carbons (Fsp3) is 0.400. The molecule has 2 heterocycles. The van der Waals surface area contributed by atoms with Crippen molar-refractivity contribution >= 4 is 0 Å². The summed E-state index contributed by atoms with van der Waals surface area (Å²) < 4.78 is 4.98. The molecule has 0 saturated heterocycles. The normalized spacial score (nSPS) is 10.8. The molecule has 0 saturated carbocycles. The molecule has 0 aliphatic carbocycles. The summed E-state index contributed by atoms with van der Waals surface area (Å²) in [5.74, 6) is 0.670. The van der Waals surface area contributed by atoms with Crippen LogP contribution in [0.4, 0.5) is 0 Å². The van der Waals surface area contributed by atoms with Crippen LogP contribution in [-0.2, 0) is 11.3 Å². The van der Waals surface area contributed by atoms with Crippen molar-refractivity contribution in [2.24, 2.45) is 0 Å². The Morgan fingerprint density at radius 2 is 1.85 bits per heavy atom. The van der Waals surface area contributed by atoms with Gasteiger partial charge < -0.3 is 10.1 Å². The Hall–Kier alpha value is -1.85. The van der Waals surface area contributed by atoms with Gasteiger partial charge in [-0.25, -0.2) is 9.97 Å². The van der Waals surface area contributed by atoms with Crippen molar-refractivity contribution in [3.63, 3.8) is 0 Å². The highest BCUT2D eigenvalue weighted by Crippen LogP contribution is 2.17. The number of ether oxygens (including phenoxy) is 1. The van der Waals surface area contributed by atoms with Crippen molar-refractivity contribution in [3.8, 4) is 11.5 Å². The van der Waals surface area contributed by atoms with E-state index < -0.39 is 0 Å². The standard InChI is InChI=1S/C15H20N4O/c1-11-6-12(2)14(17-7-11)15-18-9-13(10-19-15)8-16-4-5-20-3/h6-7,9-10,16H,4-5,8H2,1-3H3. The molecule has 5 nitrogen and oxygen atoms in total. The first-order valence-electron chi connectivity index (χ1n) is 6.65. The maximum atomic E-state index is 4.98. The molecule has 2 aromatic rings. The van der Waals surface area contributed by atoms with E-state index in [1.807, 2.05) is 32.4 Å². The van der Waals surface area contributed by atoms with Gasteiger partial charge in [0.15, 0.2) is 5.82 Å². The number of nitrogens with one attached hydrogen (secondary N) is 1. The molecular weight excluding hydrogens is 252 g/mol. The van der Waals surface area contributed by atoms with E-state index in [9.17, 15) is 0 Å². The van der Waals surface area contributed by atoms with Gasteiger partial charge in [0.1, 0.15) is 5.69 Å². The summed E-state index contributed by atoms with van der Waals surface area (Å²) in [6, 6.07) is 2.09. The molecule has 0 amide bonds. The molecule has 0 aliphatic rings. The quantitative estimate of drug-likeness (QED) is 0.814. The molecule has 0 aliphatic heterocycles. The predicted molar refractivity (Wildman–Crippen MR) is 78.3 cm³/mol. The molecule has 0 unspecified atom stereocenters. The van der Waals surface area contributed by atoms with Gasteiger partial charge in [0.05, 0.1) is 6.61 Å². The zero-order valence-corrected chi connectivity index (χ0v) is 12.2. The third-order valence-electron chi connectivity index (χ3n) is 2.94. The number of aromatic nitrogens is 3. The number of methoxy groups -OCH3 is 1. The van der Waals surface area contributed by atoms with Gasteiger partial charge in [0, 0.05) is 44.4 Å². The molecule has 0 spiro atoms. The monoisotopic (exact) mass is 272 g/mol. The minimum Gasteiger partial charge on any atom is -0.383 e. The smallest absolute Gasteiger partial charge is 0.178 e. The number of hydrogen-bond donors (Lipinski definition) is 1. The van der Waals surface area contributed by atoms with Crippen LogP contribution in [0, 0.1) is 13.8 Å². The summed E-state index contributed by atoms with van der Waals surface area (Å²) in [6.45, 7) is 6.31. The molecule has 0 aromatic carbocycles. The topological polar surface area (TPSA) is 59.9 Å². The van der Waals surface area contributed by atoms with Crippen LogP contribution < -0.4 is 5.32 Å². The van der Waals surface area contributed by atoms with Crippen molar-refractivity contribution in [2.75, 3.05) is 20.3 Å². The van der Waals surface area contributed by atoms with E-state index in [0.29, 0.717) is 12.4 Å². The molecule has 2 rings (SSSR count). The van der Waals surface area contributed by atoms with Gasteiger partial charge in [-0.3, -0.25) is 4.98 Å². The van der Waals surface area contributed by atoms with Crippen LogP contribution in [0.25, 0.3) is 11.5 Å². The Bertz CT molecular complexity index is 554. The average molecular weight is 272 g/mol. The van der Waals surface area contributed by atoms with Crippen LogP contribution in [0.3, 0.4) is 0 Å². The summed E-state index contributed by atoms with van der Waals surface area (Å²) >= 11 is 0. The van der Waals surface area contributed by atoms with E-state index in [-0.39, 0.29) is 0 Å². The SMILES string of the molecule is COCCNCc1cnc(-c2ncc(C)cc2C)nc1. The highest BCUT2D eigenvalue weighted by atomic mass is 16.5. The number of rotatable bonds is 6. The second kappa shape index (κ2) is 7.07. The van der Waals surface area contributed by atoms with E-state index >= 15 is 0 Å².